The van der Waals surface area contributed by atoms with E-state index >= 15 is 0 Å². The average molecular weight is 255 g/mol. The molecule has 1 heterocycles. The number of ether oxygens (including phenoxy) is 1. The van der Waals surface area contributed by atoms with Gasteiger partial charge in [-0.25, -0.2) is 0 Å². The minimum absolute atomic E-state index is 0.00320. The van der Waals surface area contributed by atoms with Crippen molar-refractivity contribution in [1.82, 2.24) is 4.98 Å². The third kappa shape index (κ3) is 2.66. The minimum atomic E-state index is -0.471. The third-order valence-corrected chi connectivity index (χ3v) is 2.49. The summed E-state index contributed by atoms with van der Waals surface area (Å²) in [6.45, 7) is 1.70. The molecule has 2 rings (SSSR count). The summed E-state index contributed by atoms with van der Waals surface area (Å²) in [6.07, 6.45) is 2.92. The fraction of sp³-hybridized carbons (Fsp3) is 0.0769. The van der Waals surface area contributed by atoms with Gasteiger partial charge in [0.1, 0.15) is 11.8 Å². The molecule has 0 aliphatic rings. The molecule has 19 heavy (non-hydrogen) atoms. The second-order valence-electron chi connectivity index (χ2n) is 3.79. The maximum Gasteiger partial charge on any atom is 0.269 e. The molecule has 0 saturated heterocycles. The molecule has 0 bridgehead atoms. The van der Waals surface area contributed by atoms with Crippen LogP contribution in [-0.2, 0) is 0 Å². The number of hydrogen-bond acceptors (Lipinski definition) is 5. The smallest absolute Gasteiger partial charge is 0.269 e. The molecule has 1 aromatic carbocycles. The van der Waals surface area contributed by atoms with E-state index in [1.807, 2.05) is 6.07 Å². The predicted molar refractivity (Wildman–Crippen MR) is 66.9 cm³/mol. The van der Waals surface area contributed by atoms with E-state index in [1.165, 1.54) is 36.7 Å². The predicted octanol–water partition coefficient (Wildman–Crippen LogP) is 2.96. The molecule has 0 atom stereocenters. The van der Waals surface area contributed by atoms with Crippen LogP contribution in [0.4, 0.5) is 5.69 Å². The number of nitrogens with zero attached hydrogens (tertiary/aromatic N) is 3. The number of benzene rings is 1. The number of pyridine rings is 1. The third-order valence-electron chi connectivity index (χ3n) is 2.49. The first-order valence-corrected chi connectivity index (χ1v) is 5.39. The van der Waals surface area contributed by atoms with Gasteiger partial charge in [-0.15, -0.1) is 0 Å². The SMILES string of the molecule is Cc1cc([N+](=O)[O-])ccc1Oc1cnccc1C#N. The van der Waals surface area contributed by atoms with Crippen molar-refractivity contribution < 1.29 is 9.66 Å². The highest BCUT2D eigenvalue weighted by molar-refractivity contribution is 5.47. The van der Waals surface area contributed by atoms with Crippen molar-refractivity contribution in [3.8, 4) is 17.6 Å². The minimum Gasteiger partial charge on any atom is -0.454 e. The lowest BCUT2D eigenvalue weighted by Gasteiger charge is -2.08. The Hall–Kier alpha value is -2.94. The number of nitriles is 1. The van der Waals surface area contributed by atoms with Crippen LogP contribution in [0.25, 0.3) is 0 Å². The second kappa shape index (κ2) is 5.14. The van der Waals surface area contributed by atoms with E-state index < -0.39 is 4.92 Å². The van der Waals surface area contributed by atoms with Gasteiger partial charge in [0.2, 0.25) is 0 Å². The molecule has 0 radical (unpaired) electrons. The van der Waals surface area contributed by atoms with Crippen LogP contribution in [-0.4, -0.2) is 9.91 Å². The van der Waals surface area contributed by atoms with Gasteiger partial charge < -0.3 is 4.74 Å². The van der Waals surface area contributed by atoms with Gasteiger partial charge in [0, 0.05) is 18.3 Å². The summed E-state index contributed by atoms with van der Waals surface area (Å²) in [7, 11) is 0. The lowest BCUT2D eigenvalue weighted by Crippen LogP contribution is -1.93. The first kappa shape index (κ1) is 12.5. The number of hydrogen-bond donors (Lipinski definition) is 0. The molecule has 0 unspecified atom stereocenters. The Morgan fingerprint density at radius 2 is 2.16 bits per heavy atom. The van der Waals surface area contributed by atoms with E-state index in [4.69, 9.17) is 10.00 Å². The first-order chi connectivity index (χ1) is 9.11. The van der Waals surface area contributed by atoms with Crippen LogP contribution in [0.15, 0.2) is 36.7 Å². The van der Waals surface area contributed by atoms with Crippen molar-refractivity contribution in [1.29, 1.82) is 5.26 Å². The summed E-state index contributed by atoms with van der Waals surface area (Å²) < 4.78 is 5.56. The fourth-order valence-corrected chi connectivity index (χ4v) is 1.53. The van der Waals surface area contributed by atoms with Crippen LogP contribution in [0.3, 0.4) is 0 Å². The van der Waals surface area contributed by atoms with E-state index in [0.29, 0.717) is 22.6 Å². The Labute approximate surface area is 109 Å². The number of aromatic nitrogens is 1. The zero-order valence-electron chi connectivity index (χ0n) is 10.0. The zero-order chi connectivity index (χ0) is 13.8. The Bertz CT molecular complexity index is 677. The quantitative estimate of drug-likeness (QED) is 0.621. The Morgan fingerprint density at radius 3 is 2.79 bits per heavy atom. The molecule has 0 aliphatic heterocycles. The monoisotopic (exact) mass is 255 g/mol. The van der Waals surface area contributed by atoms with Gasteiger partial charge >= 0.3 is 0 Å². The van der Waals surface area contributed by atoms with E-state index in [0.717, 1.165) is 0 Å². The summed E-state index contributed by atoms with van der Waals surface area (Å²) in [5, 5.41) is 19.6. The van der Waals surface area contributed by atoms with E-state index in [1.54, 1.807) is 6.92 Å². The van der Waals surface area contributed by atoms with Crippen molar-refractivity contribution in [2.24, 2.45) is 0 Å². The molecule has 6 nitrogen and oxygen atoms in total. The number of non-ortho nitro benzene ring substituents is 1. The highest BCUT2D eigenvalue weighted by atomic mass is 16.6. The van der Waals surface area contributed by atoms with Crippen molar-refractivity contribution >= 4 is 5.69 Å². The van der Waals surface area contributed by atoms with Crippen LogP contribution < -0.4 is 4.74 Å². The van der Waals surface area contributed by atoms with Gasteiger partial charge in [0.25, 0.3) is 5.69 Å². The van der Waals surface area contributed by atoms with E-state index in [9.17, 15) is 10.1 Å². The van der Waals surface area contributed by atoms with Crippen molar-refractivity contribution in [3.05, 3.63) is 57.9 Å². The largest absolute Gasteiger partial charge is 0.454 e. The molecule has 0 N–H and O–H groups in total. The maximum absolute atomic E-state index is 10.6. The van der Waals surface area contributed by atoms with Crippen LogP contribution in [0.1, 0.15) is 11.1 Å². The lowest BCUT2D eigenvalue weighted by atomic mass is 10.2. The van der Waals surface area contributed by atoms with Crippen LogP contribution in [0.5, 0.6) is 11.5 Å². The molecule has 1 aromatic heterocycles. The Morgan fingerprint density at radius 1 is 1.37 bits per heavy atom. The topological polar surface area (TPSA) is 89.1 Å². The van der Waals surface area contributed by atoms with Crippen LogP contribution >= 0.6 is 0 Å². The molecular formula is C13H9N3O3. The normalized spacial score (nSPS) is 9.68. The van der Waals surface area contributed by atoms with E-state index in [2.05, 4.69) is 4.98 Å². The molecular weight excluding hydrogens is 246 g/mol. The Balaban J connectivity index is 2.34. The highest BCUT2D eigenvalue weighted by Gasteiger charge is 2.11. The molecule has 6 heteroatoms. The molecule has 0 saturated carbocycles. The van der Waals surface area contributed by atoms with Crippen LogP contribution in [0, 0.1) is 28.4 Å². The van der Waals surface area contributed by atoms with Crippen molar-refractivity contribution in [3.63, 3.8) is 0 Å². The van der Waals surface area contributed by atoms with Crippen molar-refractivity contribution in [2.75, 3.05) is 0 Å². The number of rotatable bonds is 3. The van der Waals surface area contributed by atoms with Gasteiger partial charge in [-0.1, -0.05) is 0 Å². The average Bonchev–Trinajstić information content (AvgIpc) is 2.41. The molecule has 0 amide bonds. The van der Waals surface area contributed by atoms with Gasteiger partial charge in [-0.05, 0) is 24.6 Å². The van der Waals surface area contributed by atoms with Gasteiger partial charge in [0.15, 0.2) is 5.75 Å². The van der Waals surface area contributed by atoms with Gasteiger partial charge in [0.05, 0.1) is 16.7 Å². The number of aryl methyl sites for hydroxylation is 1. The summed E-state index contributed by atoms with van der Waals surface area (Å²) >= 11 is 0. The maximum atomic E-state index is 10.6. The van der Waals surface area contributed by atoms with Crippen LogP contribution in [0.2, 0.25) is 0 Å². The summed E-state index contributed by atoms with van der Waals surface area (Å²) in [6, 6.07) is 7.80. The summed E-state index contributed by atoms with van der Waals surface area (Å²) in [4.78, 5) is 14.0. The molecule has 0 aliphatic carbocycles. The molecule has 2 aromatic rings. The Kier molecular flexibility index (Phi) is 3.39. The first-order valence-electron chi connectivity index (χ1n) is 5.39. The second-order valence-corrected chi connectivity index (χ2v) is 3.79. The zero-order valence-corrected chi connectivity index (χ0v) is 10.0. The number of nitro benzene ring substituents is 1. The molecule has 94 valence electrons. The van der Waals surface area contributed by atoms with Crippen molar-refractivity contribution in [2.45, 2.75) is 6.92 Å². The van der Waals surface area contributed by atoms with Gasteiger partial charge in [-0.2, -0.15) is 5.26 Å². The molecule has 0 fully saturated rings. The van der Waals surface area contributed by atoms with E-state index in [-0.39, 0.29) is 5.69 Å². The summed E-state index contributed by atoms with van der Waals surface area (Å²) in [5.74, 6) is 0.775. The standard InChI is InChI=1S/C13H9N3O3/c1-9-6-11(16(17)18)2-3-12(9)19-13-8-15-5-4-10(13)7-14/h2-6,8H,1H3. The highest BCUT2D eigenvalue weighted by Crippen LogP contribution is 2.29. The summed E-state index contributed by atoms with van der Waals surface area (Å²) in [5.41, 5.74) is 0.964. The van der Waals surface area contributed by atoms with Gasteiger partial charge in [-0.3, -0.25) is 15.1 Å². The molecule has 0 spiro atoms. The lowest BCUT2D eigenvalue weighted by molar-refractivity contribution is -0.384. The fourth-order valence-electron chi connectivity index (χ4n) is 1.53. The number of nitro groups is 1.